The number of halogens is 2. The van der Waals surface area contributed by atoms with Gasteiger partial charge in [-0.05, 0) is 12.1 Å². The molecule has 0 aliphatic heterocycles. The van der Waals surface area contributed by atoms with Crippen molar-refractivity contribution >= 4 is 11.7 Å². The van der Waals surface area contributed by atoms with E-state index in [0.29, 0.717) is 0 Å². The topological polar surface area (TPSA) is 72.5 Å². The van der Waals surface area contributed by atoms with Gasteiger partial charge in [0.1, 0.15) is 5.75 Å². The molecule has 0 aromatic heterocycles. The molecule has 15 heavy (non-hydrogen) atoms. The summed E-state index contributed by atoms with van der Waals surface area (Å²) in [6, 6.07) is 1.93. The first-order valence-electron chi connectivity index (χ1n) is 3.96. The molecular formula is C9H9F2NO3. The van der Waals surface area contributed by atoms with Gasteiger partial charge in [0.2, 0.25) is 0 Å². The average molecular weight is 217 g/mol. The highest BCUT2D eigenvalue weighted by Crippen LogP contribution is 2.34. The number of aromatic hydroxyl groups is 1. The molecule has 0 aliphatic carbocycles. The number of ether oxygens (including phenoxy) is 1. The number of nitrogen functional groups attached to an aromatic ring is 1. The van der Waals surface area contributed by atoms with Gasteiger partial charge in [-0.1, -0.05) is 0 Å². The highest BCUT2D eigenvalue weighted by Gasteiger charge is 2.19. The van der Waals surface area contributed by atoms with E-state index in [2.05, 4.69) is 4.74 Å². The lowest BCUT2D eigenvalue weighted by atomic mass is 10.1. The second-order valence-corrected chi connectivity index (χ2v) is 2.80. The summed E-state index contributed by atoms with van der Waals surface area (Å²) in [7, 11) is 1.12. The monoisotopic (exact) mass is 217 g/mol. The summed E-state index contributed by atoms with van der Waals surface area (Å²) in [5.41, 5.74) is 4.17. The summed E-state index contributed by atoms with van der Waals surface area (Å²) in [6.45, 7) is 0. The van der Waals surface area contributed by atoms with Gasteiger partial charge in [0.05, 0.1) is 23.9 Å². The van der Waals surface area contributed by atoms with Crippen LogP contribution in [-0.4, -0.2) is 18.2 Å². The molecule has 6 heteroatoms. The Morgan fingerprint density at radius 1 is 1.53 bits per heavy atom. The Hall–Kier alpha value is -1.85. The second kappa shape index (κ2) is 4.12. The van der Waals surface area contributed by atoms with Crippen molar-refractivity contribution in [1.82, 2.24) is 0 Å². The molecule has 0 radical (unpaired) electrons. The van der Waals surface area contributed by atoms with Crippen LogP contribution in [0.2, 0.25) is 0 Å². The summed E-state index contributed by atoms with van der Waals surface area (Å²) in [5.74, 6) is -1.50. The van der Waals surface area contributed by atoms with Gasteiger partial charge in [-0.15, -0.1) is 0 Å². The predicted molar refractivity (Wildman–Crippen MR) is 48.8 cm³/mol. The number of rotatable bonds is 2. The highest BCUT2D eigenvalue weighted by atomic mass is 19.3. The van der Waals surface area contributed by atoms with Crippen molar-refractivity contribution in [3.63, 3.8) is 0 Å². The quantitative estimate of drug-likeness (QED) is 0.449. The van der Waals surface area contributed by atoms with Crippen molar-refractivity contribution in [2.45, 2.75) is 6.43 Å². The van der Waals surface area contributed by atoms with Gasteiger partial charge < -0.3 is 15.6 Å². The molecule has 4 nitrogen and oxygen atoms in total. The van der Waals surface area contributed by atoms with E-state index in [9.17, 15) is 18.7 Å². The van der Waals surface area contributed by atoms with E-state index in [1.165, 1.54) is 0 Å². The van der Waals surface area contributed by atoms with Gasteiger partial charge in [-0.2, -0.15) is 0 Å². The van der Waals surface area contributed by atoms with Crippen LogP contribution in [0, 0.1) is 0 Å². The van der Waals surface area contributed by atoms with Crippen molar-refractivity contribution in [3.05, 3.63) is 23.3 Å². The second-order valence-electron chi connectivity index (χ2n) is 2.80. The van der Waals surface area contributed by atoms with Gasteiger partial charge in [-0.3, -0.25) is 0 Å². The Morgan fingerprint density at radius 3 is 2.60 bits per heavy atom. The highest BCUT2D eigenvalue weighted by molar-refractivity contribution is 5.91. The summed E-state index contributed by atoms with van der Waals surface area (Å²) >= 11 is 0. The van der Waals surface area contributed by atoms with Crippen molar-refractivity contribution < 1.29 is 23.4 Å². The van der Waals surface area contributed by atoms with E-state index in [0.717, 1.165) is 19.2 Å². The fraction of sp³-hybridized carbons (Fsp3) is 0.222. The fourth-order valence-corrected chi connectivity index (χ4v) is 1.08. The number of carbonyl (C=O) groups is 1. The number of hydrogen-bond donors (Lipinski definition) is 2. The van der Waals surface area contributed by atoms with E-state index in [1.807, 2.05) is 0 Å². The predicted octanol–water partition coefficient (Wildman–Crippen LogP) is 1.70. The van der Waals surface area contributed by atoms with E-state index in [1.54, 1.807) is 0 Å². The molecule has 1 aromatic carbocycles. The molecule has 0 heterocycles. The van der Waals surface area contributed by atoms with Crippen LogP contribution in [0.5, 0.6) is 5.75 Å². The third-order valence-corrected chi connectivity index (χ3v) is 1.83. The fourth-order valence-electron chi connectivity index (χ4n) is 1.08. The molecule has 0 fully saturated rings. The number of methoxy groups -OCH3 is 1. The Balaban J connectivity index is 3.29. The first-order valence-corrected chi connectivity index (χ1v) is 3.96. The molecule has 1 rings (SSSR count). The molecule has 0 unspecified atom stereocenters. The summed E-state index contributed by atoms with van der Waals surface area (Å²) in [6.07, 6.45) is -2.91. The number of anilines is 1. The van der Waals surface area contributed by atoms with E-state index in [4.69, 9.17) is 5.73 Å². The molecule has 0 amide bonds. The number of nitrogens with two attached hydrogens (primary N) is 1. The molecule has 0 atom stereocenters. The zero-order chi connectivity index (χ0) is 11.6. The van der Waals surface area contributed by atoms with Crippen LogP contribution >= 0.6 is 0 Å². The molecule has 3 N–H and O–H groups in total. The van der Waals surface area contributed by atoms with Gasteiger partial charge in [-0.25, -0.2) is 13.6 Å². The standard InChI is InChI=1S/C9H9F2NO3/c1-15-9(14)4-2-5(8(10)11)7(13)6(12)3-4/h2-3,8,13H,12H2,1H3. The number of phenolic OH excluding ortho intramolecular Hbond substituents is 1. The Morgan fingerprint density at radius 2 is 2.13 bits per heavy atom. The Bertz CT molecular complexity index is 393. The zero-order valence-electron chi connectivity index (χ0n) is 7.83. The van der Waals surface area contributed by atoms with Crippen LogP contribution in [0.1, 0.15) is 22.3 Å². The third-order valence-electron chi connectivity index (χ3n) is 1.83. The molecule has 1 aromatic rings. The molecule has 0 bridgehead atoms. The SMILES string of the molecule is COC(=O)c1cc(N)c(O)c(C(F)F)c1. The smallest absolute Gasteiger partial charge is 0.337 e. The van der Waals surface area contributed by atoms with Gasteiger partial charge in [0.25, 0.3) is 6.43 Å². The van der Waals surface area contributed by atoms with Crippen LogP contribution in [0.4, 0.5) is 14.5 Å². The lowest BCUT2D eigenvalue weighted by Gasteiger charge is -2.08. The maximum atomic E-state index is 12.4. The summed E-state index contributed by atoms with van der Waals surface area (Å²) in [5, 5.41) is 9.19. The maximum absolute atomic E-state index is 12.4. The minimum Gasteiger partial charge on any atom is -0.505 e. The number of hydrogen-bond acceptors (Lipinski definition) is 4. The maximum Gasteiger partial charge on any atom is 0.337 e. The number of benzene rings is 1. The first kappa shape index (κ1) is 11.2. The lowest BCUT2D eigenvalue weighted by molar-refractivity contribution is 0.0600. The third kappa shape index (κ3) is 2.15. The number of esters is 1. The summed E-state index contributed by atoms with van der Waals surface area (Å²) < 4.78 is 29.1. The van der Waals surface area contributed by atoms with Crippen LogP contribution < -0.4 is 5.73 Å². The minimum atomic E-state index is -2.91. The Kier molecular flexibility index (Phi) is 3.08. The van der Waals surface area contributed by atoms with Gasteiger partial charge >= 0.3 is 5.97 Å². The summed E-state index contributed by atoms with van der Waals surface area (Å²) in [4.78, 5) is 11.0. The molecule has 0 saturated heterocycles. The van der Waals surface area contributed by atoms with E-state index in [-0.39, 0.29) is 11.3 Å². The van der Waals surface area contributed by atoms with Crippen molar-refractivity contribution in [3.8, 4) is 5.75 Å². The molecule has 0 saturated carbocycles. The van der Waals surface area contributed by atoms with Crippen molar-refractivity contribution in [2.75, 3.05) is 12.8 Å². The van der Waals surface area contributed by atoms with E-state index < -0.39 is 23.7 Å². The van der Waals surface area contributed by atoms with E-state index >= 15 is 0 Å². The largest absolute Gasteiger partial charge is 0.505 e. The van der Waals surface area contributed by atoms with Crippen LogP contribution in [0.25, 0.3) is 0 Å². The number of phenols is 1. The minimum absolute atomic E-state index is 0.122. The Labute approximate surface area is 84.3 Å². The normalized spacial score (nSPS) is 10.4. The molecule has 0 spiro atoms. The zero-order valence-corrected chi connectivity index (χ0v) is 7.83. The lowest BCUT2D eigenvalue weighted by Crippen LogP contribution is -2.04. The van der Waals surface area contributed by atoms with Gasteiger partial charge in [0, 0.05) is 0 Å². The van der Waals surface area contributed by atoms with Crippen LogP contribution in [0.3, 0.4) is 0 Å². The number of carbonyl (C=O) groups excluding carboxylic acids is 1. The first-order chi connectivity index (χ1) is 6.97. The molecule has 0 aliphatic rings. The van der Waals surface area contributed by atoms with Crippen LogP contribution in [0.15, 0.2) is 12.1 Å². The molecular weight excluding hydrogens is 208 g/mol. The molecule has 82 valence electrons. The van der Waals surface area contributed by atoms with Crippen LogP contribution in [-0.2, 0) is 4.74 Å². The van der Waals surface area contributed by atoms with Gasteiger partial charge in [0.15, 0.2) is 0 Å². The van der Waals surface area contributed by atoms with Crippen molar-refractivity contribution in [2.24, 2.45) is 0 Å². The van der Waals surface area contributed by atoms with Crippen molar-refractivity contribution in [1.29, 1.82) is 0 Å². The average Bonchev–Trinajstić information content (AvgIpc) is 2.20. The number of alkyl halides is 2.